The van der Waals surface area contributed by atoms with E-state index in [1.165, 1.54) is 6.42 Å². The molecule has 1 fully saturated rings. The Hall–Kier alpha value is -2.05. The van der Waals surface area contributed by atoms with Gasteiger partial charge in [0.05, 0.1) is 0 Å². The SMILES string of the molecule is C[C@@H](C(=O)NC1CCCCC1)N(Cc1ccc(Cl)cc1)C(=O)COc1ccc(Br)cc1. The van der Waals surface area contributed by atoms with Gasteiger partial charge in [-0.05, 0) is 61.7 Å². The lowest BCUT2D eigenvalue weighted by Crippen LogP contribution is -2.51. The van der Waals surface area contributed by atoms with Crippen LogP contribution < -0.4 is 10.1 Å². The molecule has 1 atom stereocenters. The molecule has 31 heavy (non-hydrogen) atoms. The number of halogens is 2. The molecular weight excluding hydrogens is 480 g/mol. The monoisotopic (exact) mass is 506 g/mol. The summed E-state index contributed by atoms with van der Waals surface area (Å²) < 4.78 is 6.61. The predicted octanol–water partition coefficient (Wildman–Crippen LogP) is 5.35. The summed E-state index contributed by atoms with van der Waals surface area (Å²) in [6, 6.07) is 14.2. The van der Waals surface area contributed by atoms with E-state index in [0.717, 1.165) is 35.7 Å². The zero-order valence-electron chi connectivity index (χ0n) is 17.7. The van der Waals surface area contributed by atoms with Gasteiger partial charge in [-0.2, -0.15) is 0 Å². The van der Waals surface area contributed by atoms with Crippen LogP contribution in [0.4, 0.5) is 0 Å². The maximum Gasteiger partial charge on any atom is 0.261 e. The van der Waals surface area contributed by atoms with Crippen molar-refractivity contribution in [2.45, 2.75) is 57.7 Å². The van der Waals surface area contributed by atoms with Crippen LogP contribution >= 0.6 is 27.5 Å². The minimum Gasteiger partial charge on any atom is -0.484 e. The molecule has 166 valence electrons. The summed E-state index contributed by atoms with van der Waals surface area (Å²) in [5.41, 5.74) is 0.902. The lowest BCUT2D eigenvalue weighted by molar-refractivity contribution is -0.142. The summed E-state index contributed by atoms with van der Waals surface area (Å²) in [6.07, 6.45) is 5.48. The highest BCUT2D eigenvalue weighted by Crippen LogP contribution is 2.19. The van der Waals surface area contributed by atoms with Gasteiger partial charge in [0.1, 0.15) is 11.8 Å². The molecule has 0 bridgehead atoms. The largest absolute Gasteiger partial charge is 0.484 e. The van der Waals surface area contributed by atoms with Crippen LogP contribution in [0.2, 0.25) is 5.02 Å². The van der Waals surface area contributed by atoms with E-state index in [1.54, 1.807) is 36.1 Å². The Morgan fingerprint density at radius 1 is 1.10 bits per heavy atom. The van der Waals surface area contributed by atoms with Gasteiger partial charge in [0.2, 0.25) is 5.91 Å². The van der Waals surface area contributed by atoms with E-state index in [2.05, 4.69) is 21.2 Å². The summed E-state index contributed by atoms with van der Waals surface area (Å²) in [4.78, 5) is 27.6. The molecule has 0 spiro atoms. The molecule has 2 aromatic carbocycles. The number of amides is 2. The van der Waals surface area contributed by atoms with Gasteiger partial charge in [0.25, 0.3) is 5.91 Å². The molecule has 0 unspecified atom stereocenters. The molecule has 0 radical (unpaired) electrons. The smallest absolute Gasteiger partial charge is 0.261 e. The van der Waals surface area contributed by atoms with E-state index in [9.17, 15) is 9.59 Å². The number of rotatable bonds is 8. The maximum atomic E-state index is 13.1. The van der Waals surface area contributed by atoms with Crippen LogP contribution in [-0.2, 0) is 16.1 Å². The Morgan fingerprint density at radius 2 is 1.74 bits per heavy atom. The van der Waals surface area contributed by atoms with E-state index < -0.39 is 6.04 Å². The predicted molar refractivity (Wildman–Crippen MR) is 126 cm³/mol. The van der Waals surface area contributed by atoms with E-state index >= 15 is 0 Å². The summed E-state index contributed by atoms with van der Waals surface area (Å²) in [5.74, 6) is 0.226. The van der Waals surface area contributed by atoms with Crippen LogP contribution in [0.5, 0.6) is 5.75 Å². The number of carbonyl (C=O) groups excluding carboxylic acids is 2. The molecule has 2 amide bonds. The fourth-order valence-electron chi connectivity index (χ4n) is 3.70. The lowest BCUT2D eigenvalue weighted by Gasteiger charge is -2.31. The Bertz CT molecular complexity index is 867. The van der Waals surface area contributed by atoms with Crippen molar-refractivity contribution in [3.05, 3.63) is 63.6 Å². The van der Waals surface area contributed by atoms with Crippen LogP contribution in [0.1, 0.15) is 44.6 Å². The molecule has 3 rings (SSSR count). The van der Waals surface area contributed by atoms with Crippen molar-refractivity contribution in [1.29, 1.82) is 0 Å². The second kappa shape index (κ2) is 11.5. The van der Waals surface area contributed by atoms with Crippen LogP contribution in [0.25, 0.3) is 0 Å². The highest BCUT2D eigenvalue weighted by molar-refractivity contribution is 9.10. The average Bonchev–Trinajstić information content (AvgIpc) is 2.78. The maximum absolute atomic E-state index is 13.1. The number of hydrogen-bond donors (Lipinski definition) is 1. The molecule has 5 nitrogen and oxygen atoms in total. The molecule has 7 heteroatoms. The summed E-state index contributed by atoms with van der Waals surface area (Å²) >= 11 is 9.37. The zero-order chi connectivity index (χ0) is 22.2. The third-order valence-electron chi connectivity index (χ3n) is 5.56. The fourth-order valence-corrected chi connectivity index (χ4v) is 4.09. The highest BCUT2D eigenvalue weighted by atomic mass is 79.9. The molecule has 1 aliphatic rings. The van der Waals surface area contributed by atoms with E-state index in [4.69, 9.17) is 16.3 Å². The lowest BCUT2D eigenvalue weighted by atomic mass is 9.95. The number of benzene rings is 2. The van der Waals surface area contributed by atoms with E-state index in [-0.39, 0.29) is 24.5 Å². The van der Waals surface area contributed by atoms with E-state index in [1.807, 2.05) is 24.3 Å². The molecule has 0 aromatic heterocycles. The Morgan fingerprint density at radius 3 is 2.39 bits per heavy atom. The third-order valence-corrected chi connectivity index (χ3v) is 6.34. The van der Waals surface area contributed by atoms with Crippen molar-refractivity contribution in [2.24, 2.45) is 0 Å². The number of hydrogen-bond acceptors (Lipinski definition) is 3. The van der Waals surface area contributed by atoms with Crippen LogP contribution in [-0.4, -0.2) is 35.4 Å². The van der Waals surface area contributed by atoms with Crippen LogP contribution in [0, 0.1) is 0 Å². The number of carbonyl (C=O) groups is 2. The minimum absolute atomic E-state index is 0.127. The van der Waals surface area contributed by atoms with Gasteiger partial charge in [-0.3, -0.25) is 9.59 Å². The Kier molecular flexibility index (Phi) is 8.79. The standard InChI is InChI=1S/C24H28BrClN2O3/c1-17(24(30)27-21-5-3-2-4-6-21)28(15-18-7-11-20(26)12-8-18)23(29)16-31-22-13-9-19(25)10-14-22/h7-14,17,21H,2-6,15-16H2,1H3,(H,27,30)/t17-/m0/s1. The second-order valence-electron chi connectivity index (χ2n) is 7.91. The van der Waals surface area contributed by atoms with Crippen molar-refractivity contribution < 1.29 is 14.3 Å². The van der Waals surface area contributed by atoms with Gasteiger partial charge < -0.3 is 15.0 Å². The first-order valence-electron chi connectivity index (χ1n) is 10.6. The van der Waals surface area contributed by atoms with Crippen molar-refractivity contribution in [1.82, 2.24) is 10.2 Å². The van der Waals surface area contributed by atoms with Gasteiger partial charge >= 0.3 is 0 Å². The topological polar surface area (TPSA) is 58.6 Å². The number of ether oxygens (including phenoxy) is 1. The normalized spacial score (nSPS) is 15.2. The highest BCUT2D eigenvalue weighted by Gasteiger charge is 2.28. The summed E-state index contributed by atoms with van der Waals surface area (Å²) in [5, 5.41) is 3.76. The number of nitrogens with one attached hydrogen (secondary N) is 1. The molecule has 1 N–H and O–H groups in total. The van der Waals surface area contributed by atoms with Gasteiger partial charge in [-0.15, -0.1) is 0 Å². The molecule has 0 aliphatic heterocycles. The Labute approximate surface area is 197 Å². The molecular formula is C24H28BrClN2O3. The second-order valence-corrected chi connectivity index (χ2v) is 9.26. The first kappa shape index (κ1) is 23.6. The number of nitrogens with zero attached hydrogens (tertiary/aromatic N) is 1. The molecule has 0 heterocycles. The van der Waals surface area contributed by atoms with Gasteiger partial charge in [0, 0.05) is 22.1 Å². The zero-order valence-corrected chi connectivity index (χ0v) is 20.0. The quantitative estimate of drug-likeness (QED) is 0.524. The summed E-state index contributed by atoms with van der Waals surface area (Å²) in [6.45, 7) is 1.93. The Balaban J connectivity index is 1.69. The van der Waals surface area contributed by atoms with Crippen molar-refractivity contribution in [2.75, 3.05) is 6.61 Å². The molecule has 2 aromatic rings. The molecule has 1 aliphatic carbocycles. The van der Waals surface area contributed by atoms with Gasteiger partial charge in [-0.25, -0.2) is 0 Å². The van der Waals surface area contributed by atoms with Crippen molar-refractivity contribution in [3.8, 4) is 5.75 Å². The van der Waals surface area contributed by atoms with Crippen LogP contribution in [0.15, 0.2) is 53.0 Å². The van der Waals surface area contributed by atoms with E-state index in [0.29, 0.717) is 17.3 Å². The van der Waals surface area contributed by atoms with Gasteiger partial charge in [0.15, 0.2) is 6.61 Å². The summed E-state index contributed by atoms with van der Waals surface area (Å²) in [7, 11) is 0. The average molecular weight is 508 g/mol. The molecule has 0 saturated heterocycles. The van der Waals surface area contributed by atoms with Crippen molar-refractivity contribution in [3.63, 3.8) is 0 Å². The van der Waals surface area contributed by atoms with Crippen LogP contribution in [0.3, 0.4) is 0 Å². The van der Waals surface area contributed by atoms with Gasteiger partial charge in [-0.1, -0.05) is 58.9 Å². The first-order chi connectivity index (χ1) is 14.9. The fraction of sp³-hybridized carbons (Fsp3) is 0.417. The molecule has 1 saturated carbocycles. The van der Waals surface area contributed by atoms with Crippen molar-refractivity contribution >= 4 is 39.3 Å². The minimum atomic E-state index is -0.612. The third kappa shape index (κ3) is 7.25. The first-order valence-corrected chi connectivity index (χ1v) is 11.8.